The van der Waals surface area contributed by atoms with Gasteiger partial charge in [0.05, 0.1) is 6.61 Å². The van der Waals surface area contributed by atoms with Gasteiger partial charge >= 0.3 is 0 Å². The smallest absolute Gasteiger partial charge is 0.123 e. The molecular formula is C15H20BrNO3. The molecule has 1 aromatic carbocycles. The monoisotopic (exact) mass is 341 g/mol. The van der Waals surface area contributed by atoms with Crippen molar-refractivity contribution in [3.05, 3.63) is 28.2 Å². The molecule has 2 heterocycles. The lowest BCUT2D eigenvalue weighted by atomic mass is 9.90. The second-order valence-electron chi connectivity index (χ2n) is 5.63. The Bertz CT molecular complexity index is 474. The van der Waals surface area contributed by atoms with E-state index in [4.69, 9.17) is 9.47 Å². The van der Waals surface area contributed by atoms with Gasteiger partial charge in [0.1, 0.15) is 11.9 Å². The minimum atomic E-state index is -0.197. The van der Waals surface area contributed by atoms with Gasteiger partial charge < -0.3 is 19.9 Å². The first-order chi connectivity index (χ1) is 9.71. The van der Waals surface area contributed by atoms with Crippen molar-refractivity contribution in [2.24, 2.45) is 0 Å². The highest BCUT2D eigenvalue weighted by atomic mass is 79.9. The largest absolute Gasteiger partial charge is 0.488 e. The van der Waals surface area contributed by atoms with Crippen molar-refractivity contribution in [3.8, 4) is 5.75 Å². The Morgan fingerprint density at radius 1 is 1.35 bits per heavy atom. The predicted molar refractivity (Wildman–Crippen MR) is 80.1 cm³/mol. The number of aliphatic hydroxyl groups excluding tert-OH is 1. The second kappa shape index (κ2) is 6.02. The summed E-state index contributed by atoms with van der Waals surface area (Å²) in [5.41, 5.74) is 1.05. The van der Waals surface area contributed by atoms with Crippen molar-refractivity contribution >= 4 is 15.9 Å². The minimum Gasteiger partial charge on any atom is -0.488 e. The number of fused-ring (bicyclic) bond motifs is 1. The number of nitrogens with one attached hydrogen (secondary N) is 1. The Morgan fingerprint density at radius 3 is 2.90 bits per heavy atom. The summed E-state index contributed by atoms with van der Waals surface area (Å²) in [5.74, 6) is 0.977. The van der Waals surface area contributed by atoms with Crippen LogP contribution in [-0.2, 0) is 11.2 Å². The van der Waals surface area contributed by atoms with Crippen molar-refractivity contribution in [3.63, 3.8) is 0 Å². The molecule has 2 aliphatic heterocycles. The van der Waals surface area contributed by atoms with Crippen LogP contribution in [0.4, 0.5) is 0 Å². The van der Waals surface area contributed by atoms with Gasteiger partial charge in [0.25, 0.3) is 0 Å². The number of benzene rings is 1. The minimum absolute atomic E-state index is 0.144. The Hall–Kier alpha value is -0.620. The van der Waals surface area contributed by atoms with Crippen molar-refractivity contribution in [1.29, 1.82) is 0 Å². The summed E-state index contributed by atoms with van der Waals surface area (Å²) in [6, 6.07) is 6.13. The molecule has 0 amide bonds. The number of halogens is 1. The average molecular weight is 342 g/mol. The summed E-state index contributed by atoms with van der Waals surface area (Å²) in [7, 11) is 0. The Morgan fingerprint density at radius 2 is 2.15 bits per heavy atom. The first kappa shape index (κ1) is 14.3. The maximum absolute atomic E-state index is 9.66. The normalized spacial score (nSPS) is 24.2. The van der Waals surface area contributed by atoms with E-state index < -0.39 is 0 Å². The molecule has 1 fully saturated rings. The third-order valence-electron chi connectivity index (χ3n) is 4.22. The molecule has 1 saturated heterocycles. The molecule has 5 heteroatoms. The van der Waals surface area contributed by atoms with Crippen LogP contribution in [0.2, 0.25) is 0 Å². The summed E-state index contributed by atoms with van der Waals surface area (Å²) in [6.45, 7) is 2.34. The van der Waals surface area contributed by atoms with E-state index in [-0.39, 0.29) is 18.2 Å². The summed E-state index contributed by atoms with van der Waals surface area (Å²) in [5, 5.41) is 13.2. The number of hydrogen-bond donors (Lipinski definition) is 2. The molecule has 0 bridgehead atoms. The van der Waals surface area contributed by atoms with Crippen LogP contribution in [0.3, 0.4) is 0 Å². The van der Waals surface area contributed by atoms with Crippen molar-refractivity contribution < 1.29 is 14.6 Å². The van der Waals surface area contributed by atoms with Gasteiger partial charge in [-0.2, -0.15) is 0 Å². The summed E-state index contributed by atoms with van der Waals surface area (Å²) < 4.78 is 12.4. The van der Waals surface area contributed by atoms with Gasteiger partial charge in [0.15, 0.2) is 0 Å². The van der Waals surface area contributed by atoms with E-state index in [0.717, 1.165) is 36.0 Å². The van der Waals surface area contributed by atoms with Gasteiger partial charge in [-0.05, 0) is 36.6 Å². The van der Waals surface area contributed by atoms with Crippen LogP contribution >= 0.6 is 15.9 Å². The topological polar surface area (TPSA) is 50.7 Å². The molecule has 1 aromatic rings. The molecule has 0 saturated carbocycles. The number of ether oxygens (including phenoxy) is 2. The third-order valence-corrected chi connectivity index (χ3v) is 4.71. The SMILES string of the molecule is OCC1(NCC2Cc3cc(Br)ccc3O2)CCOCC1. The first-order valence-corrected chi connectivity index (χ1v) is 7.89. The van der Waals surface area contributed by atoms with E-state index in [2.05, 4.69) is 27.3 Å². The van der Waals surface area contributed by atoms with E-state index in [0.29, 0.717) is 13.2 Å². The lowest BCUT2D eigenvalue weighted by Gasteiger charge is -2.37. The van der Waals surface area contributed by atoms with Gasteiger partial charge in [0.2, 0.25) is 0 Å². The Kier molecular flexibility index (Phi) is 4.31. The van der Waals surface area contributed by atoms with Crippen LogP contribution in [0.15, 0.2) is 22.7 Å². The van der Waals surface area contributed by atoms with Gasteiger partial charge in [-0.3, -0.25) is 0 Å². The van der Waals surface area contributed by atoms with E-state index >= 15 is 0 Å². The molecular weight excluding hydrogens is 322 g/mol. The molecule has 0 spiro atoms. The zero-order valence-corrected chi connectivity index (χ0v) is 13.0. The lowest BCUT2D eigenvalue weighted by Crippen LogP contribution is -2.54. The highest BCUT2D eigenvalue weighted by Crippen LogP contribution is 2.31. The second-order valence-corrected chi connectivity index (χ2v) is 6.54. The van der Waals surface area contributed by atoms with E-state index in [1.54, 1.807) is 0 Å². The molecule has 4 nitrogen and oxygen atoms in total. The van der Waals surface area contributed by atoms with Gasteiger partial charge in [-0.15, -0.1) is 0 Å². The van der Waals surface area contributed by atoms with Crippen molar-refractivity contribution in [2.45, 2.75) is 30.9 Å². The molecule has 1 atom stereocenters. The van der Waals surface area contributed by atoms with Crippen LogP contribution in [-0.4, -0.2) is 43.1 Å². The molecule has 2 N–H and O–H groups in total. The molecule has 3 rings (SSSR count). The Labute approximate surface area is 127 Å². The fourth-order valence-corrected chi connectivity index (χ4v) is 3.29. The number of rotatable bonds is 4. The molecule has 0 aromatic heterocycles. The molecule has 110 valence electrons. The van der Waals surface area contributed by atoms with Gasteiger partial charge in [-0.1, -0.05) is 15.9 Å². The van der Waals surface area contributed by atoms with Crippen LogP contribution < -0.4 is 10.1 Å². The average Bonchev–Trinajstić information content (AvgIpc) is 2.88. The summed E-state index contributed by atoms with van der Waals surface area (Å²) in [6.07, 6.45) is 2.77. The summed E-state index contributed by atoms with van der Waals surface area (Å²) >= 11 is 3.49. The van der Waals surface area contributed by atoms with Crippen molar-refractivity contribution in [1.82, 2.24) is 5.32 Å². The van der Waals surface area contributed by atoms with Crippen LogP contribution in [0, 0.1) is 0 Å². The Balaban J connectivity index is 1.57. The molecule has 1 unspecified atom stereocenters. The lowest BCUT2D eigenvalue weighted by molar-refractivity contribution is 0.00826. The number of hydrogen-bond acceptors (Lipinski definition) is 4. The predicted octanol–water partition coefficient (Wildman–Crippen LogP) is 1.88. The molecule has 20 heavy (non-hydrogen) atoms. The standard InChI is InChI=1S/C15H20BrNO3/c16-12-1-2-14-11(7-12)8-13(20-14)9-17-15(10-18)3-5-19-6-4-15/h1-2,7,13,17-18H,3-6,8-10H2. The van der Waals surface area contributed by atoms with Crippen LogP contribution in [0.1, 0.15) is 18.4 Å². The number of aliphatic hydroxyl groups is 1. The molecule has 2 aliphatic rings. The summed E-state index contributed by atoms with van der Waals surface area (Å²) in [4.78, 5) is 0. The van der Waals surface area contributed by atoms with E-state index in [9.17, 15) is 5.11 Å². The highest BCUT2D eigenvalue weighted by molar-refractivity contribution is 9.10. The van der Waals surface area contributed by atoms with Gasteiger partial charge in [-0.25, -0.2) is 0 Å². The fraction of sp³-hybridized carbons (Fsp3) is 0.600. The van der Waals surface area contributed by atoms with E-state index in [1.165, 1.54) is 5.56 Å². The maximum Gasteiger partial charge on any atom is 0.123 e. The first-order valence-electron chi connectivity index (χ1n) is 7.09. The zero-order valence-electron chi connectivity index (χ0n) is 11.4. The quantitative estimate of drug-likeness (QED) is 0.877. The molecule has 0 aliphatic carbocycles. The fourth-order valence-electron chi connectivity index (χ4n) is 2.89. The van der Waals surface area contributed by atoms with Crippen LogP contribution in [0.5, 0.6) is 5.75 Å². The third kappa shape index (κ3) is 3.01. The molecule has 0 radical (unpaired) electrons. The highest BCUT2D eigenvalue weighted by Gasteiger charge is 2.33. The van der Waals surface area contributed by atoms with E-state index in [1.807, 2.05) is 12.1 Å². The van der Waals surface area contributed by atoms with Crippen LogP contribution in [0.25, 0.3) is 0 Å². The van der Waals surface area contributed by atoms with Gasteiger partial charge in [0, 0.05) is 36.2 Å². The zero-order chi connectivity index (χ0) is 14.0. The van der Waals surface area contributed by atoms with Crippen molar-refractivity contribution in [2.75, 3.05) is 26.4 Å². The maximum atomic E-state index is 9.66.